The van der Waals surface area contributed by atoms with Gasteiger partial charge in [0.05, 0.1) is 0 Å². The summed E-state index contributed by atoms with van der Waals surface area (Å²) in [6.07, 6.45) is 3.60. The van der Waals surface area contributed by atoms with E-state index in [1.165, 1.54) is 40.8 Å². The van der Waals surface area contributed by atoms with Crippen molar-refractivity contribution in [2.75, 3.05) is 12.4 Å². The van der Waals surface area contributed by atoms with E-state index in [-0.39, 0.29) is 0 Å². The topological polar surface area (TPSA) is 12.0 Å². The predicted octanol–water partition coefficient (Wildman–Crippen LogP) is 3.39. The lowest BCUT2D eigenvalue weighted by Crippen LogP contribution is -2.03. The molecule has 0 heterocycles. The Morgan fingerprint density at radius 1 is 1.29 bits per heavy atom. The molecule has 0 saturated carbocycles. The molecular weight excluding hydrogens is 170 g/mol. The zero-order valence-electron chi connectivity index (χ0n) is 8.98. The summed E-state index contributed by atoms with van der Waals surface area (Å²) in [7, 11) is 1.98. The molecule has 0 spiro atoms. The van der Waals surface area contributed by atoms with Crippen molar-refractivity contribution in [1.82, 2.24) is 0 Å². The fourth-order valence-corrected chi connectivity index (χ4v) is 2.18. The summed E-state index contributed by atoms with van der Waals surface area (Å²) < 4.78 is 0. The van der Waals surface area contributed by atoms with Crippen LogP contribution in [0.5, 0.6) is 0 Å². The minimum atomic E-state index is 1.16. The fraction of sp³-hybridized carbons (Fsp3) is 0.385. The standard InChI is InChI=1S/C13H17N/c1-9-5-4-6-11-8-13(14-3)10(2)7-12(9)11/h7-8,14H,1,4-6H2,2-3H3. The van der Waals surface area contributed by atoms with Gasteiger partial charge in [0, 0.05) is 12.7 Å². The predicted molar refractivity (Wildman–Crippen MR) is 62.7 cm³/mol. The molecule has 1 aromatic rings. The number of aryl methyl sites for hydroxylation is 2. The molecule has 1 N–H and O–H groups in total. The van der Waals surface area contributed by atoms with Crippen LogP contribution in [0.15, 0.2) is 18.7 Å². The Balaban J connectivity index is 2.54. The number of anilines is 1. The number of nitrogens with one attached hydrogen (secondary N) is 1. The maximum Gasteiger partial charge on any atom is 0.0370 e. The molecule has 0 radical (unpaired) electrons. The van der Waals surface area contributed by atoms with Crippen LogP contribution in [-0.4, -0.2) is 7.05 Å². The lowest BCUT2D eigenvalue weighted by molar-refractivity contribution is 0.823. The van der Waals surface area contributed by atoms with Gasteiger partial charge in [-0.3, -0.25) is 0 Å². The van der Waals surface area contributed by atoms with Crippen molar-refractivity contribution in [3.05, 3.63) is 35.4 Å². The van der Waals surface area contributed by atoms with E-state index in [1.54, 1.807) is 0 Å². The van der Waals surface area contributed by atoms with E-state index in [1.807, 2.05) is 7.05 Å². The van der Waals surface area contributed by atoms with E-state index in [4.69, 9.17) is 0 Å². The second-order valence-corrected chi connectivity index (χ2v) is 4.03. The van der Waals surface area contributed by atoms with E-state index in [2.05, 4.69) is 31.0 Å². The summed E-state index contributed by atoms with van der Waals surface area (Å²) in [5, 5.41) is 3.23. The number of allylic oxidation sites excluding steroid dienone is 1. The van der Waals surface area contributed by atoms with Gasteiger partial charge in [0.25, 0.3) is 0 Å². The van der Waals surface area contributed by atoms with Crippen LogP contribution in [0.1, 0.15) is 29.5 Å². The molecule has 0 atom stereocenters. The second kappa shape index (κ2) is 3.49. The molecule has 0 bridgehead atoms. The lowest BCUT2D eigenvalue weighted by Gasteiger charge is -2.20. The zero-order valence-corrected chi connectivity index (χ0v) is 8.98. The van der Waals surface area contributed by atoms with Crippen LogP contribution in [0, 0.1) is 6.92 Å². The molecule has 0 aromatic heterocycles. The van der Waals surface area contributed by atoms with Crippen molar-refractivity contribution >= 4 is 11.3 Å². The molecule has 1 aliphatic carbocycles. The average Bonchev–Trinajstić information content (AvgIpc) is 2.19. The molecule has 0 aliphatic heterocycles. The number of hydrogen-bond donors (Lipinski definition) is 1. The van der Waals surface area contributed by atoms with Gasteiger partial charge in [0.2, 0.25) is 0 Å². The van der Waals surface area contributed by atoms with E-state index < -0.39 is 0 Å². The molecule has 0 amide bonds. The highest BCUT2D eigenvalue weighted by Gasteiger charge is 2.13. The molecule has 0 fully saturated rings. The zero-order chi connectivity index (χ0) is 10.1. The molecule has 1 aliphatic rings. The molecule has 1 aromatic carbocycles. The molecule has 0 unspecified atom stereocenters. The van der Waals surface area contributed by atoms with Crippen LogP contribution in [0.3, 0.4) is 0 Å². The Morgan fingerprint density at radius 3 is 2.79 bits per heavy atom. The highest BCUT2D eigenvalue weighted by Crippen LogP contribution is 2.32. The maximum atomic E-state index is 4.13. The molecule has 0 saturated heterocycles. The van der Waals surface area contributed by atoms with Gasteiger partial charge >= 0.3 is 0 Å². The summed E-state index contributed by atoms with van der Waals surface area (Å²) in [5.41, 5.74) is 6.70. The third kappa shape index (κ3) is 1.43. The second-order valence-electron chi connectivity index (χ2n) is 4.03. The summed E-state index contributed by atoms with van der Waals surface area (Å²) in [5.74, 6) is 0. The Kier molecular flexibility index (Phi) is 2.32. The quantitative estimate of drug-likeness (QED) is 0.710. The summed E-state index contributed by atoms with van der Waals surface area (Å²) >= 11 is 0. The van der Waals surface area contributed by atoms with Crippen molar-refractivity contribution in [3.63, 3.8) is 0 Å². The van der Waals surface area contributed by atoms with Crippen molar-refractivity contribution in [1.29, 1.82) is 0 Å². The van der Waals surface area contributed by atoms with Crippen molar-refractivity contribution in [2.45, 2.75) is 26.2 Å². The molecule has 2 rings (SSSR count). The van der Waals surface area contributed by atoms with E-state index in [0.717, 1.165) is 6.42 Å². The van der Waals surface area contributed by atoms with Gasteiger partial charge in [-0.15, -0.1) is 0 Å². The SMILES string of the molecule is C=C1CCCc2cc(NC)c(C)cc21. The van der Waals surface area contributed by atoms with Crippen molar-refractivity contribution < 1.29 is 0 Å². The minimum absolute atomic E-state index is 1.16. The molecule has 1 nitrogen and oxygen atoms in total. The summed E-state index contributed by atoms with van der Waals surface area (Å²) in [6.45, 7) is 6.28. The first-order chi connectivity index (χ1) is 6.72. The van der Waals surface area contributed by atoms with E-state index in [9.17, 15) is 0 Å². The van der Waals surface area contributed by atoms with E-state index >= 15 is 0 Å². The Bertz CT molecular complexity index is 377. The molecular formula is C13H17N. The largest absolute Gasteiger partial charge is 0.388 e. The molecule has 14 heavy (non-hydrogen) atoms. The smallest absolute Gasteiger partial charge is 0.0370 e. The first-order valence-electron chi connectivity index (χ1n) is 5.22. The van der Waals surface area contributed by atoms with Gasteiger partial charge in [-0.25, -0.2) is 0 Å². The monoisotopic (exact) mass is 187 g/mol. The highest BCUT2D eigenvalue weighted by molar-refractivity contribution is 5.72. The highest BCUT2D eigenvalue weighted by atomic mass is 14.8. The van der Waals surface area contributed by atoms with Gasteiger partial charge in [-0.05, 0) is 60.6 Å². The summed E-state index contributed by atoms with van der Waals surface area (Å²) in [6, 6.07) is 4.54. The van der Waals surface area contributed by atoms with Crippen LogP contribution in [0.4, 0.5) is 5.69 Å². The van der Waals surface area contributed by atoms with Gasteiger partial charge in [0.15, 0.2) is 0 Å². The Labute approximate surface area is 85.8 Å². The molecule has 74 valence electrons. The van der Waals surface area contributed by atoms with E-state index in [0.29, 0.717) is 0 Å². The Hall–Kier alpha value is -1.24. The van der Waals surface area contributed by atoms with Crippen LogP contribution < -0.4 is 5.32 Å². The normalized spacial score (nSPS) is 15.1. The number of fused-ring (bicyclic) bond motifs is 1. The minimum Gasteiger partial charge on any atom is -0.388 e. The third-order valence-corrected chi connectivity index (χ3v) is 3.03. The van der Waals surface area contributed by atoms with Gasteiger partial charge in [-0.1, -0.05) is 6.58 Å². The van der Waals surface area contributed by atoms with Crippen molar-refractivity contribution in [3.8, 4) is 0 Å². The number of benzene rings is 1. The number of hydrogen-bond acceptors (Lipinski definition) is 1. The first-order valence-corrected chi connectivity index (χ1v) is 5.22. The van der Waals surface area contributed by atoms with Crippen LogP contribution in [0.25, 0.3) is 5.57 Å². The fourth-order valence-electron chi connectivity index (χ4n) is 2.18. The van der Waals surface area contributed by atoms with Gasteiger partial charge < -0.3 is 5.32 Å². The van der Waals surface area contributed by atoms with Crippen LogP contribution in [-0.2, 0) is 6.42 Å². The Morgan fingerprint density at radius 2 is 2.07 bits per heavy atom. The van der Waals surface area contributed by atoms with Crippen molar-refractivity contribution in [2.24, 2.45) is 0 Å². The lowest BCUT2D eigenvalue weighted by atomic mass is 9.87. The van der Waals surface area contributed by atoms with Gasteiger partial charge in [0.1, 0.15) is 0 Å². The van der Waals surface area contributed by atoms with Gasteiger partial charge in [-0.2, -0.15) is 0 Å². The average molecular weight is 187 g/mol. The third-order valence-electron chi connectivity index (χ3n) is 3.03. The van der Waals surface area contributed by atoms with Crippen LogP contribution in [0.2, 0.25) is 0 Å². The first kappa shape index (κ1) is 9.32. The maximum absolute atomic E-state index is 4.13. The van der Waals surface area contributed by atoms with Crippen LogP contribution >= 0.6 is 0 Å². The number of rotatable bonds is 1. The summed E-state index contributed by atoms with van der Waals surface area (Å²) in [4.78, 5) is 0. The molecule has 1 heteroatoms.